The number of hydrogen-bond donors (Lipinski definition) is 2. The lowest BCUT2D eigenvalue weighted by molar-refractivity contribution is 0.130. The van der Waals surface area contributed by atoms with Crippen molar-refractivity contribution in [2.24, 2.45) is 0 Å². The van der Waals surface area contributed by atoms with Gasteiger partial charge in [-0.2, -0.15) is 0 Å². The molecule has 1 saturated heterocycles. The number of rotatable bonds is 4. The highest BCUT2D eigenvalue weighted by atomic mass is 16.5. The average molecular weight is 391 g/mol. The monoisotopic (exact) mass is 391 g/mol. The molecule has 2 aromatic rings. The number of aromatic nitrogens is 1. The Kier molecular flexibility index (Phi) is 4.74. The summed E-state index contributed by atoms with van der Waals surface area (Å²) >= 11 is 0. The summed E-state index contributed by atoms with van der Waals surface area (Å²) in [7, 11) is 0. The number of ether oxygens (including phenoxy) is 2. The predicted octanol–water partition coefficient (Wildman–Crippen LogP) is 3.57. The van der Waals surface area contributed by atoms with Gasteiger partial charge in [0.2, 0.25) is 0 Å². The number of piperidine rings is 1. The van der Waals surface area contributed by atoms with Crippen molar-refractivity contribution in [3.05, 3.63) is 46.8 Å². The number of anilines is 3. The first kappa shape index (κ1) is 18.2. The SMILES string of the molecule is [C-]#[N+]c1ccc(Nc2cc3c4c(c2)[C@@H]2CNCC[C@@H]2N4CCOC3)c(OCC)n1. The van der Waals surface area contributed by atoms with E-state index in [-0.39, 0.29) is 0 Å². The van der Waals surface area contributed by atoms with Crippen LogP contribution in [0.25, 0.3) is 4.85 Å². The van der Waals surface area contributed by atoms with Crippen LogP contribution in [0.5, 0.6) is 5.88 Å². The molecule has 0 spiro atoms. The summed E-state index contributed by atoms with van der Waals surface area (Å²) in [5, 5.41) is 7.05. The van der Waals surface area contributed by atoms with Gasteiger partial charge >= 0.3 is 5.88 Å². The van der Waals surface area contributed by atoms with Crippen molar-refractivity contribution in [2.45, 2.75) is 31.9 Å². The zero-order chi connectivity index (χ0) is 19.8. The van der Waals surface area contributed by atoms with E-state index in [1.165, 1.54) is 16.8 Å². The fraction of sp³-hybridized carbons (Fsp3) is 0.455. The van der Waals surface area contributed by atoms with E-state index in [0.29, 0.717) is 36.9 Å². The molecular weight excluding hydrogens is 366 g/mol. The van der Waals surface area contributed by atoms with Crippen LogP contribution in [0.1, 0.15) is 30.4 Å². The van der Waals surface area contributed by atoms with Gasteiger partial charge in [0.25, 0.3) is 5.82 Å². The average Bonchev–Trinajstić information content (AvgIpc) is 2.90. The molecule has 0 saturated carbocycles. The lowest BCUT2D eigenvalue weighted by atomic mass is 9.89. The molecule has 0 unspecified atom stereocenters. The first-order chi connectivity index (χ1) is 14.3. The number of hydrogen-bond acceptors (Lipinski definition) is 6. The van der Waals surface area contributed by atoms with Gasteiger partial charge in [0.05, 0.1) is 19.8 Å². The summed E-state index contributed by atoms with van der Waals surface area (Å²) in [5.74, 6) is 1.30. The number of nitrogens with one attached hydrogen (secondary N) is 2. The van der Waals surface area contributed by atoms with Gasteiger partial charge in [0, 0.05) is 42.0 Å². The van der Waals surface area contributed by atoms with E-state index >= 15 is 0 Å². The fourth-order valence-electron chi connectivity index (χ4n) is 4.85. The highest BCUT2D eigenvalue weighted by Gasteiger charge is 2.41. The normalized spacial score (nSPS) is 22.3. The van der Waals surface area contributed by atoms with Crippen LogP contribution in [0.2, 0.25) is 0 Å². The molecule has 29 heavy (non-hydrogen) atoms. The van der Waals surface area contributed by atoms with Gasteiger partial charge in [-0.3, -0.25) is 0 Å². The molecule has 7 heteroatoms. The largest absolute Gasteiger partial charge is 0.459 e. The lowest BCUT2D eigenvalue weighted by Crippen LogP contribution is -2.44. The summed E-state index contributed by atoms with van der Waals surface area (Å²) in [6.07, 6.45) is 1.16. The molecule has 5 rings (SSSR count). The Bertz CT molecular complexity index is 970. The first-order valence-electron chi connectivity index (χ1n) is 10.3. The topological polar surface area (TPSA) is 63.0 Å². The molecule has 2 N–H and O–H groups in total. The highest BCUT2D eigenvalue weighted by molar-refractivity contribution is 5.75. The predicted molar refractivity (Wildman–Crippen MR) is 112 cm³/mol. The molecule has 1 aromatic heterocycles. The molecule has 0 bridgehead atoms. The lowest BCUT2D eigenvalue weighted by Gasteiger charge is -2.33. The van der Waals surface area contributed by atoms with Crippen molar-refractivity contribution >= 4 is 22.9 Å². The maximum absolute atomic E-state index is 7.20. The van der Waals surface area contributed by atoms with E-state index in [4.69, 9.17) is 16.0 Å². The molecule has 1 aromatic carbocycles. The molecule has 4 heterocycles. The van der Waals surface area contributed by atoms with Crippen LogP contribution in [-0.4, -0.2) is 43.9 Å². The Hall–Kier alpha value is -2.82. The van der Waals surface area contributed by atoms with Crippen LogP contribution in [0.15, 0.2) is 24.3 Å². The van der Waals surface area contributed by atoms with Gasteiger partial charge in [-0.25, -0.2) is 0 Å². The number of pyridine rings is 1. The van der Waals surface area contributed by atoms with Crippen LogP contribution in [-0.2, 0) is 11.3 Å². The summed E-state index contributed by atoms with van der Waals surface area (Å²) in [6.45, 7) is 14.1. The van der Waals surface area contributed by atoms with Crippen molar-refractivity contribution in [3.63, 3.8) is 0 Å². The van der Waals surface area contributed by atoms with Crippen LogP contribution in [0.4, 0.5) is 22.9 Å². The zero-order valence-electron chi connectivity index (χ0n) is 16.6. The van der Waals surface area contributed by atoms with Crippen LogP contribution in [0, 0.1) is 6.57 Å². The summed E-state index contributed by atoms with van der Waals surface area (Å²) in [5.41, 5.74) is 5.79. The van der Waals surface area contributed by atoms with Gasteiger partial charge in [0.15, 0.2) is 0 Å². The van der Waals surface area contributed by atoms with E-state index in [9.17, 15) is 0 Å². The molecule has 150 valence electrons. The molecule has 3 aliphatic rings. The third kappa shape index (κ3) is 3.18. The van der Waals surface area contributed by atoms with Gasteiger partial charge < -0.3 is 29.9 Å². The van der Waals surface area contributed by atoms with E-state index in [1.807, 2.05) is 13.0 Å². The molecule has 7 nitrogen and oxygen atoms in total. The Morgan fingerprint density at radius 3 is 3.21 bits per heavy atom. The maximum atomic E-state index is 7.20. The summed E-state index contributed by atoms with van der Waals surface area (Å²) < 4.78 is 11.6. The Labute approximate surface area is 170 Å². The smallest absolute Gasteiger partial charge is 0.333 e. The quantitative estimate of drug-likeness (QED) is 0.777. The van der Waals surface area contributed by atoms with Crippen molar-refractivity contribution in [1.29, 1.82) is 0 Å². The van der Waals surface area contributed by atoms with Crippen molar-refractivity contribution < 1.29 is 9.47 Å². The number of benzene rings is 1. The van der Waals surface area contributed by atoms with E-state index in [0.717, 1.165) is 44.0 Å². The van der Waals surface area contributed by atoms with Gasteiger partial charge in [-0.05, 0) is 49.7 Å². The van der Waals surface area contributed by atoms with Crippen LogP contribution < -0.4 is 20.3 Å². The molecule has 0 radical (unpaired) electrons. The van der Waals surface area contributed by atoms with E-state index < -0.39 is 0 Å². The molecule has 0 aliphatic carbocycles. The van der Waals surface area contributed by atoms with Crippen LogP contribution >= 0.6 is 0 Å². The van der Waals surface area contributed by atoms with Crippen molar-refractivity contribution in [3.8, 4) is 5.88 Å². The second-order valence-corrected chi connectivity index (χ2v) is 7.68. The Morgan fingerprint density at radius 1 is 1.41 bits per heavy atom. The van der Waals surface area contributed by atoms with Crippen LogP contribution in [0.3, 0.4) is 0 Å². The minimum Gasteiger partial charge on any atom is -0.459 e. The van der Waals surface area contributed by atoms with Crippen molar-refractivity contribution in [1.82, 2.24) is 10.3 Å². The minimum atomic E-state index is 0.333. The second kappa shape index (κ2) is 7.54. The van der Waals surface area contributed by atoms with E-state index in [1.54, 1.807) is 6.07 Å². The minimum absolute atomic E-state index is 0.333. The molecule has 0 amide bonds. The molecule has 1 fully saturated rings. The zero-order valence-corrected chi connectivity index (χ0v) is 16.6. The van der Waals surface area contributed by atoms with E-state index in [2.05, 4.69) is 37.5 Å². The summed E-state index contributed by atoms with van der Waals surface area (Å²) in [6, 6.07) is 8.59. The van der Waals surface area contributed by atoms with Gasteiger partial charge in [-0.15, -0.1) is 0 Å². The fourth-order valence-corrected chi connectivity index (χ4v) is 4.85. The standard InChI is InChI=1S/C22H25N5O2/c1-3-29-22-18(4-5-20(23-2)26-22)25-15-10-14-13-28-9-8-27-19-6-7-24-12-17(19)16(11-15)21(14)27/h4-5,10-11,17,19,24-25H,3,6-9,12-13H2,1H3/t17-,19-/m0/s1. The maximum Gasteiger partial charge on any atom is 0.333 e. The molecule has 3 aliphatic heterocycles. The van der Waals surface area contributed by atoms with Crippen molar-refractivity contribution in [2.75, 3.05) is 43.1 Å². The molecular formula is C22H25N5O2. The first-order valence-corrected chi connectivity index (χ1v) is 10.3. The Balaban J connectivity index is 1.54. The third-order valence-electron chi connectivity index (χ3n) is 6.01. The van der Waals surface area contributed by atoms with Gasteiger partial charge in [0.1, 0.15) is 5.69 Å². The second-order valence-electron chi connectivity index (χ2n) is 7.68. The third-order valence-corrected chi connectivity index (χ3v) is 6.01. The highest BCUT2D eigenvalue weighted by Crippen LogP contribution is 2.47. The number of fused-ring (bicyclic) bond motifs is 3. The number of nitrogens with zero attached hydrogens (tertiary/aromatic N) is 3. The Morgan fingerprint density at radius 2 is 2.34 bits per heavy atom. The summed E-state index contributed by atoms with van der Waals surface area (Å²) in [4.78, 5) is 10.3. The van der Waals surface area contributed by atoms with Gasteiger partial charge in [-0.1, -0.05) is 11.6 Å². The molecule has 2 atom stereocenters.